The quantitative estimate of drug-likeness (QED) is 0.694. The molecule has 1 heterocycles. The van der Waals surface area contributed by atoms with Gasteiger partial charge in [-0.25, -0.2) is 9.97 Å². The number of aryl methyl sites for hydroxylation is 3. The van der Waals surface area contributed by atoms with Gasteiger partial charge in [0.05, 0.1) is 0 Å². The molecular formula is C21H22N4O. The van der Waals surface area contributed by atoms with E-state index in [1.54, 1.807) is 0 Å². The van der Waals surface area contributed by atoms with Gasteiger partial charge < -0.3 is 10.6 Å². The first-order valence-electron chi connectivity index (χ1n) is 8.62. The fourth-order valence-corrected chi connectivity index (χ4v) is 2.67. The highest BCUT2D eigenvalue weighted by Gasteiger charge is 2.04. The zero-order valence-electron chi connectivity index (χ0n) is 15.0. The molecule has 0 unspecified atom stereocenters. The zero-order chi connectivity index (χ0) is 18.4. The number of nitrogens with one attached hydrogen (secondary N) is 2. The van der Waals surface area contributed by atoms with Crippen LogP contribution in [0.2, 0.25) is 0 Å². The Kier molecular flexibility index (Phi) is 5.59. The van der Waals surface area contributed by atoms with E-state index < -0.39 is 0 Å². The molecule has 1 amide bonds. The van der Waals surface area contributed by atoms with Crippen LogP contribution in [0.25, 0.3) is 0 Å². The van der Waals surface area contributed by atoms with Crippen molar-refractivity contribution in [1.82, 2.24) is 9.97 Å². The van der Waals surface area contributed by atoms with Crippen LogP contribution >= 0.6 is 0 Å². The third-order valence-electron chi connectivity index (χ3n) is 3.89. The minimum absolute atomic E-state index is 0.00667. The molecule has 0 aliphatic rings. The Morgan fingerprint density at radius 2 is 1.50 bits per heavy atom. The number of hydrogen-bond acceptors (Lipinski definition) is 4. The molecule has 0 saturated carbocycles. The van der Waals surface area contributed by atoms with Crippen LogP contribution in [-0.2, 0) is 11.2 Å². The van der Waals surface area contributed by atoms with Crippen LogP contribution in [0.1, 0.15) is 23.4 Å². The SMILES string of the molecule is Cc1cc(C)nc(Nc2ccc(NC(=O)CCc3ccccc3)cc2)n1. The molecule has 3 rings (SSSR count). The Labute approximate surface area is 153 Å². The Morgan fingerprint density at radius 1 is 0.885 bits per heavy atom. The number of benzene rings is 2. The number of rotatable bonds is 6. The molecule has 0 atom stereocenters. The lowest BCUT2D eigenvalue weighted by Crippen LogP contribution is -2.12. The van der Waals surface area contributed by atoms with Crippen LogP contribution in [0.3, 0.4) is 0 Å². The van der Waals surface area contributed by atoms with Crippen LogP contribution < -0.4 is 10.6 Å². The van der Waals surface area contributed by atoms with Gasteiger partial charge in [0.25, 0.3) is 0 Å². The summed E-state index contributed by atoms with van der Waals surface area (Å²) in [5.41, 5.74) is 4.65. The van der Waals surface area contributed by atoms with Crippen LogP contribution in [0.5, 0.6) is 0 Å². The predicted octanol–water partition coefficient (Wildman–Crippen LogP) is 4.41. The molecule has 0 aliphatic carbocycles. The second-order valence-corrected chi connectivity index (χ2v) is 6.21. The largest absolute Gasteiger partial charge is 0.326 e. The van der Waals surface area contributed by atoms with Gasteiger partial charge in [-0.05, 0) is 56.2 Å². The van der Waals surface area contributed by atoms with Gasteiger partial charge in [0, 0.05) is 29.2 Å². The van der Waals surface area contributed by atoms with Crippen LogP contribution in [-0.4, -0.2) is 15.9 Å². The maximum absolute atomic E-state index is 12.1. The summed E-state index contributed by atoms with van der Waals surface area (Å²) in [5.74, 6) is 0.578. The van der Waals surface area contributed by atoms with Crippen molar-refractivity contribution in [2.45, 2.75) is 26.7 Å². The average molecular weight is 346 g/mol. The molecule has 0 radical (unpaired) electrons. The molecule has 0 saturated heterocycles. The highest BCUT2D eigenvalue weighted by atomic mass is 16.1. The molecule has 5 heteroatoms. The Morgan fingerprint density at radius 3 is 2.15 bits per heavy atom. The first-order chi connectivity index (χ1) is 12.6. The first-order valence-corrected chi connectivity index (χ1v) is 8.62. The normalized spacial score (nSPS) is 10.4. The lowest BCUT2D eigenvalue weighted by Gasteiger charge is -2.09. The fourth-order valence-electron chi connectivity index (χ4n) is 2.67. The van der Waals surface area contributed by atoms with Crippen molar-refractivity contribution in [3.8, 4) is 0 Å². The molecule has 0 spiro atoms. The number of nitrogens with zero attached hydrogens (tertiary/aromatic N) is 2. The number of hydrogen-bond donors (Lipinski definition) is 2. The van der Waals surface area contributed by atoms with E-state index in [2.05, 4.69) is 20.6 Å². The first kappa shape index (κ1) is 17.6. The van der Waals surface area contributed by atoms with E-state index in [1.807, 2.05) is 74.5 Å². The summed E-state index contributed by atoms with van der Waals surface area (Å²) in [6, 6.07) is 19.5. The van der Waals surface area contributed by atoms with Gasteiger partial charge in [-0.3, -0.25) is 4.79 Å². The van der Waals surface area contributed by atoms with Crippen molar-refractivity contribution in [2.24, 2.45) is 0 Å². The summed E-state index contributed by atoms with van der Waals surface area (Å²) >= 11 is 0. The van der Waals surface area contributed by atoms with Crippen molar-refractivity contribution >= 4 is 23.2 Å². The van der Waals surface area contributed by atoms with Gasteiger partial charge in [-0.1, -0.05) is 30.3 Å². The van der Waals surface area contributed by atoms with E-state index >= 15 is 0 Å². The number of anilines is 3. The third-order valence-corrected chi connectivity index (χ3v) is 3.89. The predicted molar refractivity (Wildman–Crippen MR) is 105 cm³/mol. The third kappa shape index (κ3) is 5.14. The number of amides is 1. The van der Waals surface area contributed by atoms with Crippen molar-refractivity contribution in [2.75, 3.05) is 10.6 Å². The van der Waals surface area contributed by atoms with E-state index in [4.69, 9.17) is 0 Å². The fraction of sp³-hybridized carbons (Fsp3) is 0.190. The van der Waals surface area contributed by atoms with Gasteiger partial charge in [-0.2, -0.15) is 0 Å². The molecule has 2 aromatic carbocycles. The molecule has 3 aromatic rings. The summed E-state index contributed by atoms with van der Waals surface area (Å²) in [5, 5.41) is 6.10. The average Bonchev–Trinajstić information content (AvgIpc) is 2.62. The maximum Gasteiger partial charge on any atom is 0.227 e. The maximum atomic E-state index is 12.1. The number of carbonyl (C=O) groups is 1. The lowest BCUT2D eigenvalue weighted by atomic mass is 10.1. The van der Waals surface area contributed by atoms with Crippen LogP contribution in [0, 0.1) is 13.8 Å². The topological polar surface area (TPSA) is 66.9 Å². The molecule has 0 fully saturated rings. The van der Waals surface area contributed by atoms with Crippen LogP contribution in [0.4, 0.5) is 17.3 Å². The van der Waals surface area contributed by atoms with E-state index in [-0.39, 0.29) is 5.91 Å². The summed E-state index contributed by atoms with van der Waals surface area (Å²) in [4.78, 5) is 20.8. The summed E-state index contributed by atoms with van der Waals surface area (Å²) < 4.78 is 0. The summed E-state index contributed by atoms with van der Waals surface area (Å²) in [6.07, 6.45) is 1.19. The van der Waals surface area contributed by atoms with E-state index in [9.17, 15) is 4.79 Å². The highest BCUT2D eigenvalue weighted by molar-refractivity contribution is 5.91. The minimum Gasteiger partial charge on any atom is -0.326 e. The van der Waals surface area contributed by atoms with Gasteiger partial charge in [-0.15, -0.1) is 0 Å². The Balaban J connectivity index is 1.54. The highest BCUT2D eigenvalue weighted by Crippen LogP contribution is 2.17. The van der Waals surface area contributed by atoms with E-state index in [0.717, 1.165) is 34.7 Å². The van der Waals surface area contributed by atoms with Crippen LogP contribution in [0.15, 0.2) is 60.7 Å². The van der Waals surface area contributed by atoms with E-state index in [1.165, 1.54) is 0 Å². The monoisotopic (exact) mass is 346 g/mol. The molecular weight excluding hydrogens is 324 g/mol. The summed E-state index contributed by atoms with van der Waals surface area (Å²) in [7, 11) is 0. The standard InChI is InChI=1S/C21H22N4O/c1-15-14-16(2)23-21(22-15)25-19-11-9-18(10-12-19)24-20(26)13-8-17-6-4-3-5-7-17/h3-7,9-12,14H,8,13H2,1-2H3,(H,24,26)(H,22,23,25). The second-order valence-electron chi connectivity index (χ2n) is 6.21. The molecule has 26 heavy (non-hydrogen) atoms. The summed E-state index contributed by atoms with van der Waals surface area (Å²) in [6.45, 7) is 3.88. The molecule has 1 aromatic heterocycles. The van der Waals surface area contributed by atoms with Gasteiger partial charge in [0.15, 0.2) is 0 Å². The molecule has 0 bridgehead atoms. The smallest absolute Gasteiger partial charge is 0.227 e. The molecule has 132 valence electrons. The lowest BCUT2D eigenvalue weighted by molar-refractivity contribution is -0.116. The Bertz CT molecular complexity index is 856. The second kappa shape index (κ2) is 8.25. The molecule has 2 N–H and O–H groups in total. The minimum atomic E-state index is 0.00667. The van der Waals surface area contributed by atoms with Gasteiger partial charge in [0.2, 0.25) is 11.9 Å². The van der Waals surface area contributed by atoms with E-state index in [0.29, 0.717) is 12.4 Å². The van der Waals surface area contributed by atoms with Crippen molar-refractivity contribution in [1.29, 1.82) is 0 Å². The zero-order valence-corrected chi connectivity index (χ0v) is 15.0. The Hall–Kier alpha value is -3.21. The van der Waals surface area contributed by atoms with Crippen molar-refractivity contribution in [3.63, 3.8) is 0 Å². The van der Waals surface area contributed by atoms with Gasteiger partial charge in [0.1, 0.15) is 0 Å². The van der Waals surface area contributed by atoms with Gasteiger partial charge >= 0.3 is 0 Å². The number of aromatic nitrogens is 2. The van der Waals surface area contributed by atoms with Crippen molar-refractivity contribution < 1.29 is 4.79 Å². The molecule has 0 aliphatic heterocycles. The number of carbonyl (C=O) groups excluding carboxylic acids is 1. The van der Waals surface area contributed by atoms with Crippen molar-refractivity contribution in [3.05, 3.63) is 77.6 Å². The molecule has 5 nitrogen and oxygen atoms in total.